The van der Waals surface area contributed by atoms with E-state index in [1.54, 1.807) is 6.07 Å². The van der Waals surface area contributed by atoms with Crippen molar-refractivity contribution in [3.8, 4) is 11.3 Å². The van der Waals surface area contributed by atoms with E-state index in [0.717, 1.165) is 27.2 Å². The zero-order valence-corrected chi connectivity index (χ0v) is 9.90. The third kappa shape index (κ3) is 1.57. The van der Waals surface area contributed by atoms with Crippen LogP contribution < -0.4 is 5.73 Å². The molecule has 0 unspecified atom stereocenters. The molecule has 2 aromatic heterocycles. The summed E-state index contributed by atoms with van der Waals surface area (Å²) in [4.78, 5) is 0. The van der Waals surface area contributed by atoms with Gasteiger partial charge in [-0.2, -0.15) is 0 Å². The molecule has 0 spiro atoms. The van der Waals surface area contributed by atoms with E-state index in [4.69, 9.17) is 21.9 Å². The molecule has 5 heteroatoms. The van der Waals surface area contributed by atoms with Gasteiger partial charge in [0.15, 0.2) is 0 Å². The first kappa shape index (κ1) is 10.2. The van der Waals surface area contributed by atoms with Crippen molar-refractivity contribution < 1.29 is 4.52 Å². The topological polar surface area (TPSA) is 57.0 Å². The Labute approximate surface area is 103 Å². The Kier molecular flexibility index (Phi) is 2.12. The molecule has 2 N–H and O–H groups in total. The van der Waals surface area contributed by atoms with Gasteiger partial charge in [-0.25, -0.2) is 0 Å². The van der Waals surface area contributed by atoms with Gasteiger partial charge in [-0.3, -0.25) is 0 Å². The van der Waals surface area contributed by atoms with Crippen molar-refractivity contribution in [3.63, 3.8) is 0 Å². The maximum Gasteiger partial charge on any atom is 0.222 e. The van der Waals surface area contributed by atoms with Gasteiger partial charge in [-0.1, -0.05) is 28.9 Å². The lowest BCUT2D eigenvalue weighted by Gasteiger charge is -1.99. The average molecular weight is 248 g/mol. The van der Waals surface area contributed by atoms with Gasteiger partial charge in [0.2, 0.25) is 5.88 Å². The molecule has 4 nitrogen and oxygen atoms in total. The van der Waals surface area contributed by atoms with Crippen molar-refractivity contribution >= 4 is 28.4 Å². The van der Waals surface area contributed by atoms with E-state index < -0.39 is 0 Å². The number of hydrogen-bond acceptors (Lipinski definition) is 3. The molecular weight excluding hydrogens is 238 g/mol. The number of hydrogen-bond donors (Lipinski definition) is 1. The van der Waals surface area contributed by atoms with Gasteiger partial charge < -0.3 is 14.8 Å². The predicted octanol–water partition coefficient (Wildman–Crippen LogP) is 3.07. The number of anilines is 1. The van der Waals surface area contributed by atoms with Gasteiger partial charge in [-0.05, 0) is 6.07 Å². The Bertz CT molecular complexity index is 699. The molecule has 0 aliphatic carbocycles. The summed E-state index contributed by atoms with van der Waals surface area (Å²) in [5.74, 6) is 0.310. The molecule has 0 saturated carbocycles. The van der Waals surface area contributed by atoms with Crippen LogP contribution >= 0.6 is 11.6 Å². The van der Waals surface area contributed by atoms with Crippen LogP contribution in [0.1, 0.15) is 0 Å². The van der Waals surface area contributed by atoms with Gasteiger partial charge in [0.1, 0.15) is 5.69 Å². The van der Waals surface area contributed by atoms with Crippen molar-refractivity contribution in [2.45, 2.75) is 0 Å². The molecule has 2 heterocycles. The molecule has 0 fully saturated rings. The maximum atomic E-state index is 6.11. The molecule has 86 valence electrons. The number of nitrogens with zero attached hydrogens (tertiary/aromatic N) is 2. The highest BCUT2D eigenvalue weighted by Crippen LogP contribution is 2.29. The zero-order valence-electron chi connectivity index (χ0n) is 9.14. The van der Waals surface area contributed by atoms with E-state index in [-0.39, 0.29) is 0 Å². The molecule has 17 heavy (non-hydrogen) atoms. The molecule has 0 aliphatic rings. The summed E-state index contributed by atoms with van der Waals surface area (Å²) in [5.41, 5.74) is 8.24. The molecule has 0 aliphatic heterocycles. The number of rotatable bonds is 1. The number of nitrogens with two attached hydrogens (primary N) is 1. The molecule has 3 rings (SSSR count). The molecule has 3 aromatic rings. The van der Waals surface area contributed by atoms with E-state index in [1.165, 1.54) is 0 Å². The number of halogens is 1. The summed E-state index contributed by atoms with van der Waals surface area (Å²) in [6.45, 7) is 0. The highest BCUT2D eigenvalue weighted by atomic mass is 35.5. The SMILES string of the molecule is Cn1cc(Cl)c2ccc(-c3cc(N)on3)cc21. The standard InChI is InChI=1S/C12H10ClN3O/c1-16-6-9(13)8-3-2-7(4-11(8)16)10-5-12(14)17-15-10/h2-6H,14H2,1H3. The number of benzene rings is 1. The van der Waals surface area contributed by atoms with E-state index >= 15 is 0 Å². The summed E-state index contributed by atoms with van der Waals surface area (Å²) >= 11 is 6.11. The molecule has 0 atom stereocenters. The monoisotopic (exact) mass is 247 g/mol. The van der Waals surface area contributed by atoms with Gasteiger partial charge in [-0.15, -0.1) is 0 Å². The van der Waals surface area contributed by atoms with Gasteiger partial charge in [0.25, 0.3) is 0 Å². The first-order valence-electron chi connectivity index (χ1n) is 5.12. The van der Waals surface area contributed by atoms with Crippen molar-refractivity contribution in [1.82, 2.24) is 9.72 Å². The lowest BCUT2D eigenvalue weighted by Crippen LogP contribution is -1.84. The van der Waals surface area contributed by atoms with Crippen LogP contribution in [0.15, 0.2) is 35.0 Å². The Hall–Kier alpha value is -1.94. The van der Waals surface area contributed by atoms with Gasteiger partial charge in [0.05, 0.1) is 5.02 Å². The second kappa shape index (κ2) is 3.53. The van der Waals surface area contributed by atoms with Crippen LogP contribution in [-0.4, -0.2) is 9.72 Å². The smallest absolute Gasteiger partial charge is 0.222 e. The molecular formula is C12H10ClN3O. The number of aromatic nitrogens is 2. The Morgan fingerprint density at radius 2 is 2.18 bits per heavy atom. The molecule has 0 bridgehead atoms. The van der Waals surface area contributed by atoms with Crippen LogP contribution in [0.25, 0.3) is 22.2 Å². The van der Waals surface area contributed by atoms with E-state index in [1.807, 2.05) is 36.0 Å². The molecule has 0 amide bonds. The number of aryl methyl sites for hydroxylation is 1. The van der Waals surface area contributed by atoms with Crippen molar-refractivity contribution in [3.05, 3.63) is 35.5 Å². The third-order valence-electron chi connectivity index (χ3n) is 2.77. The molecule has 1 aromatic carbocycles. The summed E-state index contributed by atoms with van der Waals surface area (Å²) < 4.78 is 6.84. The quantitative estimate of drug-likeness (QED) is 0.719. The van der Waals surface area contributed by atoms with Crippen molar-refractivity contribution in [2.24, 2.45) is 7.05 Å². The Morgan fingerprint density at radius 3 is 2.88 bits per heavy atom. The van der Waals surface area contributed by atoms with E-state index in [2.05, 4.69) is 5.16 Å². The second-order valence-corrected chi connectivity index (χ2v) is 4.34. The minimum absolute atomic E-state index is 0.310. The third-order valence-corrected chi connectivity index (χ3v) is 3.07. The second-order valence-electron chi connectivity index (χ2n) is 3.93. The number of nitrogen functional groups attached to an aromatic ring is 1. The summed E-state index contributed by atoms with van der Waals surface area (Å²) in [5, 5.41) is 5.65. The fraction of sp³-hybridized carbons (Fsp3) is 0.0833. The average Bonchev–Trinajstić information content (AvgIpc) is 2.85. The molecule has 0 saturated heterocycles. The van der Waals surface area contributed by atoms with Gasteiger partial charge >= 0.3 is 0 Å². The summed E-state index contributed by atoms with van der Waals surface area (Å²) in [7, 11) is 1.95. The van der Waals surface area contributed by atoms with Crippen LogP contribution in [0.4, 0.5) is 5.88 Å². The normalized spacial score (nSPS) is 11.2. The predicted molar refractivity (Wildman–Crippen MR) is 67.8 cm³/mol. The van der Waals surface area contributed by atoms with Crippen LogP contribution in [-0.2, 0) is 7.05 Å². The van der Waals surface area contributed by atoms with E-state index in [0.29, 0.717) is 5.88 Å². The zero-order chi connectivity index (χ0) is 12.0. The maximum absolute atomic E-state index is 6.11. The van der Waals surface area contributed by atoms with Crippen LogP contribution in [0.2, 0.25) is 5.02 Å². The first-order valence-corrected chi connectivity index (χ1v) is 5.50. The summed E-state index contributed by atoms with van der Waals surface area (Å²) in [6, 6.07) is 7.63. The van der Waals surface area contributed by atoms with Crippen molar-refractivity contribution in [1.29, 1.82) is 0 Å². The van der Waals surface area contributed by atoms with Crippen LogP contribution in [0, 0.1) is 0 Å². The Balaban J connectivity index is 2.22. The van der Waals surface area contributed by atoms with E-state index in [9.17, 15) is 0 Å². The van der Waals surface area contributed by atoms with Gasteiger partial charge in [0, 0.05) is 35.8 Å². The molecule has 0 radical (unpaired) electrons. The minimum atomic E-state index is 0.310. The van der Waals surface area contributed by atoms with Crippen LogP contribution in [0.3, 0.4) is 0 Å². The first-order chi connectivity index (χ1) is 8.15. The fourth-order valence-electron chi connectivity index (χ4n) is 1.92. The number of fused-ring (bicyclic) bond motifs is 1. The minimum Gasteiger partial charge on any atom is -0.368 e. The highest BCUT2D eigenvalue weighted by molar-refractivity contribution is 6.35. The lowest BCUT2D eigenvalue weighted by atomic mass is 10.1. The van der Waals surface area contributed by atoms with Crippen molar-refractivity contribution in [2.75, 3.05) is 5.73 Å². The highest BCUT2D eigenvalue weighted by Gasteiger charge is 2.09. The Morgan fingerprint density at radius 1 is 1.35 bits per heavy atom. The largest absolute Gasteiger partial charge is 0.368 e. The summed E-state index contributed by atoms with van der Waals surface area (Å²) in [6.07, 6.45) is 1.88. The fourth-order valence-corrected chi connectivity index (χ4v) is 2.23. The lowest BCUT2D eigenvalue weighted by molar-refractivity contribution is 0.439. The van der Waals surface area contributed by atoms with Crippen LogP contribution in [0.5, 0.6) is 0 Å².